The first-order valence-electron chi connectivity index (χ1n) is 7.00. The molecule has 1 aliphatic heterocycles. The number of para-hydroxylation sites is 1. The summed E-state index contributed by atoms with van der Waals surface area (Å²) in [7, 11) is 0. The molecule has 0 unspecified atom stereocenters. The van der Waals surface area contributed by atoms with Gasteiger partial charge in [0.05, 0.1) is 16.6 Å². The van der Waals surface area contributed by atoms with Crippen LogP contribution in [0.5, 0.6) is 0 Å². The molecule has 4 rings (SSSR count). The molecular weight excluding hydrogens is 290 g/mol. The number of rotatable bonds is 0. The third kappa shape index (κ3) is 2.25. The molecule has 4 heteroatoms. The molecule has 0 spiro atoms. The first-order valence-corrected chi connectivity index (χ1v) is 7.00. The van der Waals surface area contributed by atoms with Crippen molar-refractivity contribution in [1.82, 2.24) is 4.98 Å². The van der Waals surface area contributed by atoms with E-state index in [4.69, 9.17) is 0 Å². The maximum atomic E-state index is 11.8. The van der Waals surface area contributed by atoms with E-state index >= 15 is 0 Å². The van der Waals surface area contributed by atoms with Crippen LogP contribution in [0.4, 0.5) is 0 Å². The summed E-state index contributed by atoms with van der Waals surface area (Å²) in [4.78, 5) is 27.8. The van der Waals surface area contributed by atoms with E-state index in [0.717, 1.165) is 10.9 Å². The smallest absolute Gasteiger partial charge is 0.348 e. The Kier molecular flexibility index (Phi) is 2.92. The third-order valence-electron chi connectivity index (χ3n) is 3.60. The van der Waals surface area contributed by atoms with Crippen LogP contribution >= 0.6 is 0 Å². The molecule has 1 aromatic heterocycles. The number of esters is 2. The van der Waals surface area contributed by atoms with Crippen LogP contribution in [0, 0.1) is 11.8 Å². The zero-order valence-electron chi connectivity index (χ0n) is 11.9. The fraction of sp³-hybridized carbons (Fsp3) is 0. The highest BCUT2D eigenvalue weighted by Gasteiger charge is 2.31. The number of fused-ring (bicyclic) bond motifs is 2. The summed E-state index contributed by atoms with van der Waals surface area (Å²) < 4.78 is 4.62. The summed E-state index contributed by atoms with van der Waals surface area (Å²) in [5.41, 5.74) is 2.40. The number of nitrogens with zero attached hydrogens (tertiary/aromatic N) is 1. The summed E-state index contributed by atoms with van der Waals surface area (Å²) >= 11 is 0. The highest BCUT2D eigenvalue weighted by Crippen LogP contribution is 2.23. The van der Waals surface area contributed by atoms with Crippen LogP contribution in [-0.2, 0) is 4.74 Å². The van der Waals surface area contributed by atoms with Crippen molar-refractivity contribution in [2.24, 2.45) is 0 Å². The second kappa shape index (κ2) is 5.08. The van der Waals surface area contributed by atoms with Gasteiger partial charge in [0.2, 0.25) is 0 Å². The molecular formula is C19H9NO3. The Morgan fingerprint density at radius 2 is 1.70 bits per heavy atom. The Balaban J connectivity index is 1.79. The van der Waals surface area contributed by atoms with Gasteiger partial charge in [-0.1, -0.05) is 36.3 Å². The Labute approximate surface area is 131 Å². The Hall–Kier alpha value is -3.45. The first kappa shape index (κ1) is 13.2. The number of hydrogen-bond acceptors (Lipinski definition) is 4. The molecule has 23 heavy (non-hydrogen) atoms. The van der Waals surface area contributed by atoms with Gasteiger partial charge in [-0.3, -0.25) is 0 Å². The molecule has 0 aliphatic carbocycles. The number of carbonyl (C=O) groups is 2. The zero-order valence-corrected chi connectivity index (χ0v) is 11.9. The lowest BCUT2D eigenvalue weighted by molar-refractivity contribution is 0.0443. The average Bonchev–Trinajstić information content (AvgIpc) is 2.88. The van der Waals surface area contributed by atoms with Crippen molar-refractivity contribution in [2.45, 2.75) is 0 Å². The van der Waals surface area contributed by atoms with Crippen molar-refractivity contribution in [3.63, 3.8) is 0 Å². The van der Waals surface area contributed by atoms with Gasteiger partial charge in [-0.25, -0.2) is 14.6 Å². The highest BCUT2D eigenvalue weighted by molar-refractivity contribution is 6.15. The number of carbonyl (C=O) groups excluding carboxylic acids is 2. The molecule has 3 aromatic rings. The van der Waals surface area contributed by atoms with Crippen LogP contribution in [0.2, 0.25) is 0 Å². The van der Waals surface area contributed by atoms with Gasteiger partial charge in [0.25, 0.3) is 0 Å². The summed E-state index contributed by atoms with van der Waals surface area (Å²) in [6.07, 6.45) is 0. The van der Waals surface area contributed by atoms with Crippen LogP contribution in [0.3, 0.4) is 0 Å². The van der Waals surface area contributed by atoms with Crippen molar-refractivity contribution in [1.29, 1.82) is 0 Å². The molecule has 0 atom stereocenters. The normalized spacial score (nSPS) is 12.5. The highest BCUT2D eigenvalue weighted by atomic mass is 16.6. The molecule has 4 nitrogen and oxygen atoms in total. The van der Waals surface area contributed by atoms with Gasteiger partial charge < -0.3 is 4.74 Å². The fourth-order valence-electron chi connectivity index (χ4n) is 2.50. The average molecular weight is 299 g/mol. The van der Waals surface area contributed by atoms with E-state index in [9.17, 15) is 9.59 Å². The molecule has 2 aromatic carbocycles. The lowest BCUT2D eigenvalue weighted by Crippen LogP contribution is -1.98. The van der Waals surface area contributed by atoms with Gasteiger partial charge in [0, 0.05) is 10.9 Å². The van der Waals surface area contributed by atoms with Gasteiger partial charge in [0.15, 0.2) is 0 Å². The summed E-state index contributed by atoms with van der Waals surface area (Å²) in [6.45, 7) is 0. The first-order chi connectivity index (χ1) is 11.2. The minimum atomic E-state index is -0.652. The third-order valence-corrected chi connectivity index (χ3v) is 3.60. The molecule has 2 heterocycles. The molecule has 0 radical (unpaired) electrons. The van der Waals surface area contributed by atoms with Gasteiger partial charge in [0.1, 0.15) is 5.69 Å². The predicted octanol–water partition coefficient (Wildman–Crippen LogP) is 2.95. The van der Waals surface area contributed by atoms with E-state index in [0.29, 0.717) is 11.3 Å². The van der Waals surface area contributed by atoms with Crippen molar-refractivity contribution < 1.29 is 14.3 Å². The zero-order chi connectivity index (χ0) is 15.8. The van der Waals surface area contributed by atoms with Crippen LogP contribution in [0.1, 0.15) is 32.0 Å². The van der Waals surface area contributed by atoms with Crippen molar-refractivity contribution in [3.05, 3.63) is 77.0 Å². The largest absolute Gasteiger partial charge is 0.386 e. The van der Waals surface area contributed by atoms with E-state index in [1.807, 2.05) is 36.4 Å². The lowest BCUT2D eigenvalue weighted by Gasteiger charge is -1.97. The van der Waals surface area contributed by atoms with Gasteiger partial charge in [-0.05, 0) is 30.2 Å². The van der Waals surface area contributed by atoms with E-state index in [1.165, 1.54) is 0 Å². The fourth-order valence-corrected chi connectivity index (χ4v) is 2.50. The van der Waals surface area contributed by atoms with E-state index in [-0.39, 0.29) is 11.1 Å². The Bertz CT molecular complexity index is 1040. The molecule has 108 valence electrons. The Morgan fingerprint density at radius 1 is 0.826 bits per heavy atom. The second-order valence-electron chi connectivity index (χ2n) is 5.04. The van der Waals surface area contributed by atoms with Crippen molar-refractivity contribution >= 4 is 22.8 Å². The van der Waals surface area contributed by atoms with Crippen molar-refractivity contribution in [2.75, 3.05) is 0 Å². The minimum absolute atomic E-state index is 0.228. The predicted molar refractivity (Wildman–Crippen MR) is 83.9 cm³/mol. The quantitative estimate of drug-likeness (QED) is 0.364. The van der Waals surface area contributed by atoms with E-state index in [2.05, 4.69) is 21.6 Å². The lowest BCUT2D eigenvalue weighted by atomic mass is 10.0. The molecule has 1 aliphatic rings. The summed E-state index contributed by atoms with van der Waals surface area (Å²) in [6, 6.07) is 16.4. The van der Waals surface area contributed by atoms with Gasteiger partial charge >= 0.3 is 11.9 Å². The number of aromatic nitrogens is 1. The Morgan fingerprint density at radius 3 is 2.61 bits per heavy atom. The number of ether oxygens (including phenoxy) is 1. The SMILES string of the molecule is O=C1OC(=O)c2c(C#Cc3ccc4ccccc4n3)cccc21. The number of benzene rings is 2. The summed E-state index contributed by atoms with van der Waals surface area (Å²) in [5.74, 6) is 4.57. The van der Waals surface area contributed by atoms with Crippen LogP contribution in [0.15, 0.2) is 54.6 Å². The molecule has 0 saturated heterocycles. The number of cyclic esters (lactones) is 2. The molecule has 0 bridgehead atoms. The van der Waals surface area contributed by atoms with Gasteiger partial charge in [-0.2, -0.15) is 0 Å². The second-order valence-corrected chi connectivity index (χ2v) is 5.04. The monoisotopic (exact) mass is 299 g/mol. The van der Waals surface area contributed by atoms with Crippen LogP contribution in [-0.4, -0.2) is 16.9 Å². The molecule has 0 amide bonds. The number of hydrogen-bond donors (Lipinski definition) is 0. The number of pyridine rings is 1. The molecule has 0 saturated carbocycles. The minimum Gasteiger partial charge on any atom is -0.386 e. The topological polar surface area (TPSA) is 56.3 Å². The van der Waals surface area contributed by atoms with Crippen molar-refractivity contribution in [3.8, 4) is 11.8 Å². The maximum Gasteiger partial charge on any atom is 0.348 e. The maximum absolute atomic E-state index is 11.8. The standard InChI is InChI=1S/C19H9NO3/c21-18-15-6-3-5-13(17(15)19(22)23-18)9-11-14-10-8-12-4-1-2-7-16(12)20-14/h1-8,10H. The summed E-state index contributed by atoms with van der Waals surface area (Å²) in [5, 5.41) is 1.04. The van der Waals surface area contributed by atoms with Crippen LogP contribution < -0.4 is 0 Å². The van der Waals surface area contributed by atoms with Gasteiger partial charge in [-0.15, -0.1) is 0 Å². The molecule has 0 N–H and O–H groups in total. The van der Waals surface area contributed by atoms with E-state index in [1.54, 1.807) is 18.2 Å². The van der Waals surface area contributed by atoms with E-state index < -0.39 is 11.9 Å². The van der Waals surface area contributed by atoms with Crippen LogP contribution in [0.25, 0.3) is 10.9 Å². The molecule has 0 fully saturated rings.